The quantitative estimate of drug-likeness (QED) is 0.847. The number of nitrogens with zero attached hydrogens (tertiary/aromatic N) is 1. The van der Waals surface area contributed by atoms with Crippen LogP contribution in [0.3, 0.4) is 0 Å². The molecule has 0 aliphatic heterocycles. The van der Waals surface area contributed by atoms with Gasteiger partial charge in [-0.15, -0.1) is 0 Å². The first kappa shape index (κ1) is 15.4. The number of rotatable bonds is 7. The summed E-state index contributed by atoms with van der Waals surface area (Å²) in [4.78, 5) is 2.37. The van der Waals surface area contributed by atoms with Crippen molar-refractivity contribution in [2.45, 2.75) is 19.9 Å². The van der Waals surface area contributed by atoms with Crippen molar-refractivity contribution in [1.82, 2.24) is 0 Å². The normalized spacial score (nSPS) is 10.4. The summed E-state index contributed by atoms with van der Waals surface area (Å²) >= 11 is 0. The molecule has 0 spiro atoms. The average molecular weight is 284 g/mol. The summed E-state index contributed by atoms with van der Waals surface area (Å²) in [5.74, 6) is 0.883. The Morgan fingerprint density at radius 1 is 1.05 bits per heavy atom. The molecule has 0 aromatic heterocycles. The van der Waals surface area contributed by atoms with Crippen LogP contribution >= 0.6 is 0 Å². The number of anilines is 1. The van der Waals surface area contributed by atoms with E-state index in [9.17, 15) is 0 Å². The number of benzene rings is 2. The second-order valence-electron chi connectivity index (χ2n) is 5.19. The Kier molecular flexibility index (Phi) is 5.64. The lowest BCUT2D eigenvalue weighted by Crippen LogP contribution is -2.26. The van der Waals surface area contributed by atoms with Crippen LogP contribution in [-0.2, 0) is 6.54 Å². The number of hydrogen-bond acceptors (Lipinski definition) is 3. The molecule has 0 atom stereocenters. The summed E-state index contributed by atoms with van der Waals surface area (Å²) in [5.41, 5.74) is 9.55. The van der Waals surface area contributed by atoms with Gasteiger partial charge in [-0.2, -0.15) is 0 Å². The van der Waals surface area contributed by atoms with E-state index >= 15 is 0 Å². The predicted octanol–water partition coefficient (Wildman–Crippen LogP) is 3.36. The Balaban J connectivity index is 2.18. The van der Waals surface area contributed by atoms with Crippen LogP contribution in [0.5, 0.6) is 5.75 Å². The zero-order valence-corrected chi connectivity index (χ0v) is 12.9. The van der Waals surface area contributed by atoms with Crippen LogP contribution in [0.1, 0.15) is 17.5 Å². The van der Waals surface area contributed by atoms with Crippen LogP contribution in [0.25, 0.3) is 0 Å². The Bertz CT molecular complexity index is 551. The highest BCUT2D eigenvalue weighted by molar-refractivity contribution is 5.50. The Morgan fingerprint density at radius 3 is 2.38 bits per heavy atom. The van der Waals surface area contributed by atoms with Crippen LogP contribution < -0.4 is 15.4 Å². The summed E-state index contributed by atoms with van der Waals surface area (Å²) < 4.78 is 5.23. The molecule has 2 aromatic carbocycles. The minimum absolute atomic E-state index is 0.709. The van der Waals surface area contributed by atoms with Gasteiger partial charge in [0.15, 0.2) is 0 Å². The number of aryl methyl sites for hydroxylation is 1. The van der Waals surface area contributed by atoms with Gasteiger partial charge in [-0.25, -0.2) is 0 Å². The van der Waals surface area contributed by atoms with Gasteiger partial charge in [-0.3, -0.25) is 0 Å². The van der Waals surface area contributed by atoms with Crippen LogP contribution in [0.15, 0.2) is 48.5 Å². The first-order chi connectivity index (χ1) is 10.2. The molecular formula is C18H24N2O. The molecular weight excluding hydrogens is 260 g/mol. The van der Waals surface area contributed by atoms with Crippen molar-refractivity contribution in [2.24, 2.45) is 5.73 Å². The lowest BCUT2D eigenvalue weighted by atomic mass is 10.1. The zero-order chi connectivity index (χ0) is 15.1. The topological polar surface area (TPSA) is 38.5 Å². The maximum absolute atomic E-state index is 5.68. The third kappa shape index (κ3) is 4.23. The van der Waals surface area contributed by atoms with Crippen LogP contribution in [0.4, 0.5) is 5.69 Å². The minimum Gasteiger partial charge on any atom is -0.497 e. The smallest absolute Gasteiger partial charge is 0.119 e. The van der Waals surface area contributed by atoms with Crippen LogP contribution in [-0.4, -0.2) is 20.2 Å². The highest BCUT2D eigenvalue weighted by Gasteiger charge is 2.08. The molecule has 0 saturated carbocycles. The number of methoxy groups -OCH3 is 1. The lowest BCUT2D eigenvalue weighted by Gasteiger charge is -2.26. The number of nitrogens with two attached hydrogens (primary N) is 1. The first-order valence-corrected chi connectivity index (χ1v) is 7.38. The average Bonchev–Trinajstić information content (AvgIpc) is 2.53. The van der Waals surface area contributed by atoms with Gasteiger partial charge >= 0.3 is 0 Å². The van der Waals surface area contributed by atoms with Gasteiger partial charge in [0.05, 0.1) is 7.11 Å². The molecule has 3 heteroatoms. The molecule has 0 heterocycles. The van der Waals surface area contributed by atoms with Crippen molar-refractivity contribution >= 4 is 5.69 Å². The third-order valence-corrected chi connectivity index (χ3v) is 3.69. The van der Waals surface area contributed by atoms with Gasteiger partial charge < -0.3 is 15.4 Å². The Labute approximate surface area is 127 Å². The summed E-state index contributed by atoms with van der Waals surface area (Å²) in [6.07, 6.45) is 0.984. The number of hydrogen-bond donors (Lipinski definition) is 1. The first-order valence-electron chi connectivity index (χ1n) is 7.38. The van der Waals surface area contributed by atoms with Gasteiger partial charge in [0.25, 0.3) is 0 Å². The highest BCUT2D eigenvalue weighted by Crippen LogP contribution is 2.22. The van der Waals surface area contributed by atoms with Gasteiger partial charge in [-0.05, 0) is 55.3 Å². The van der Waals surface area contributed by atoms with Gasteiger partial charge in [0.1, 0.15) is 5.75 Å². The van der Waals surface area contributed by atoms with Crippen molar-refractivity contribution in [3.05, 3.63) is 59.7 Å². The SMILES string of the molecule is COc1ccc(N(CCCN)Cc2ccccc2C)cc1. The maximum Gasteiger partial charge on any atom is 0.119 e. The molecule has 2 N–H and O–H groups in total. The van der Waals surface area contributed by atoms with Crippen molar-refractivity contribution in [3.63, 3.8) is 0 Å². The molecule has 0 unspecified atom stereocenters. The largest absolute Gasteiger partial charge is 0.497 e. The minimum atomic E-state index is 0.709. The fourth-order valence-electron chi connectivity index (χ4n) is 2.37. The molecule has 0 fully saturated rings. The predicted molar refractivity (Wildman–Crippen MR) is 88.9 cm³/mol. The highest BCUT2D eigenvalue weighted by atomic mass is 16.5. The summed E-state index contributed by atoms with van der Waals surface area (Å²) in [7, 11) is 1.69. The molecule has 3 nitrogen and oxygen atoms in total. The lowest BCUT2D eigenvalue weighted by molar-refractivity contribution is 0.415. The van der Waals surface area contributed by atoms with Gasteiger partial charge in [-0.1, -0.05) is 24.3 Å². The van der Waals surface area contributed by atoms with E-state index in [0.29, 0.717) is 6.54 Å². The molecule has 2 rings (SSSR count). The fraction of sp³-hybridized carbons (Fsp3) is 0.333. The molecule has 0 saturated heterocycles. The van der Waals surface area contributed by atoms with Crippen molar-refractivity contribution in [1.29, 1.82) is 0 Å². The molecule has 0 amide bonds. The summed E-state index contributed by atoms with van der Waals surface area (Å²) in [6, 6.07) is 16.7. The van der Waals surface area contributed by atoms with Gasteiger partial charge in [0, 0.05) is 18.8 Å². The maximum atomic E-state index is 5.68. The van der Waals surface area contributed by atoms with E-state index in [0.717, 1.165) is 25.3 Å². The second kappa shape index (κ2) is 7.70. The monoisotopic (exact) mass is 284 g/mol. The van der Waals surface area contributed by atoms with Crippen molar-refractivity contribution < 1.29 is 4.74 Å². The fourth-order valence-corrected chi connectivity index (χ4v) is 2.37. The standard InChI is InChI=1S/C18H24N2O/c1-15-6-3-4-7-16(15)14-20(13-5-12-19)17-8-10-18(21-2)11-9-17/h3-4,6-11H,5,12-14,19H2,1-2H3. The molecule has 0 radical (unpaired) electrons. The molecule has 21 heavy (non-hydrogen) atoms. The van der Waals surface area contributed by atoms with E-state index in [-0.39, 0.29) is 0 Å². The van der Waals surface area contributed by atoms with E-state index in [1.54, 1.807) is 7.11 Å². The number of ether oxygens (including phenoxy) is 1. The third-order valence-electron chi connectivity index (χ3n) is 3.69. The van der Waals surface area contributed by atoms with E-state index < -0.39 is 0 Å². The van der Waals surface area contributed by atoms with E-state index in [4.69, 9.17) is 10.5 Å². The van der Waals surface area contributed by atoms with E-state index in [1.807, 2.05) is 12.1 Å². The Morgan fingerprint density at radius 2 is 1.76 bits per heavy atom. The molecule has 2 aromatic rings. The second-order valence-corrected chi connectivity index (χ2v) is 5.19. The van der Waals surface area contributed by atoms with Crippen LogP contribution in [0, 0.1) is 6.92 Å². The van der Waals surface area contributed by atoms with E-state index in [1.165, 1.54) is 16.8 Å². The van der Waals surface area contributed by atoms with E-state index in [2.05, 4.69) is 48.2 Å². The molecule has 0 aliphatic rings. The molecule has 0 aliphatic carbocycles. The molecule has 112 valence electrons. The van der Waals surface area contributed by atoms with Crippen molar-refractivity contribution in [3.8, 4) is 5.75 Å². The van der Waals surface area contributed by atoms with Gasteiger partial charge in [0.2, 0.25) is 0 Å². The Hall–Kier alpha value is -2.00. The summed E-state index contributed by atoms with van der Waals surface area (Å²) in [5, 5.41) is 0. The zero-order valence-electron chi connectivity index (χ0n) is 12.9. The van der Waals surface area contributed by atoms with Crippen molar-refractivity contribution in [2.75, 3.05) is 25.1 Å². The van der Waals surface area contributed by atoms with Crippen LogP contribution in [0.2, 0.25) is 0 Å². The summed E-state index contributed by atoms with van der Waals surface area (Å²) in [6.45, 7) is 4.72. The molecule has 0 bridgehead atoms.